The standard InChI is InChI=1S/C15H25NO/c16-14-5-2-1-4-12(10-14)13-6-9-17-15(11-13)7-3-8-15/h10,13-14H,1-9,11,16H2. The Morgan fingerprint density at radius 1 is 1.18 bits per heavy atom. The maximum absolute atomic E-state index is 6.14. The Balaban J connectivity index is 1.70. The van der Waals surface area contributed by atoms with Crippen LogP contribution in [0.1, 0.15) is 57.8 Å². The lowest BCUT2D eigenvalue weighted by molar-refractivity contribution is -0.139. The Hall–Kier alpha value is -0.340. The summed E-state index contributed by atoms with van der Waals surface area (Å²) in [5, 5.41) is 0. The van der Waals surface area contributed by atoms with E-state index in [0.717, 1.165) is 12.5 Å². The van der Waals surface area contributed by atoms with Crippen LogP contribution in [0.15, 0.2) is 11.6 Å². The Bertz CT molecular complexity index is 306. The van der Waals surface area contributed by atoms with Gasteiger partial charge in [0.05, 0.1) is 5.60 Å². The zero-order chi connectivity index (χ0) is 11.7. The molecule has 17 heavy (non-hydrogen) atoms. The second kappa shape index (κ2) is 4.74. The van der Waals surface area contributed by atoms with E-state index in [0.29, 0.717) is 6.04 Å². The van der Waals surface area contributed by atoms with E-state index in [1.165, 1.54) is 57.8 Å². The van der Waals surface area contributed by atoms with E-state index in [2.05, 4.69) is 6.08 Å². The van der Waals surface area contributed by atoms with E-state index in [4.69, 9.17) is 10.5 Å². The van der Waals surface area contributed by atoms with Gasteiger partial charge in [-0.3, -0.25) is 0 Å². The third-order valence-corrected chi connectivity index (χ3v) is 4.96. The van der Waals surface area contributed by atoms with E-state index in [9.17, 15) is 0 Å². The van der Waals surface area contributed by atoms with Crippen LogP contribution in [0.4, 0.5) is 0 Å². The third kappa shape index (κ3) is 2.43. The van der Waals surface area contributed by atoms with Crippen molar-refractivity contribution in [2.45, 2.75) is 69.4 Å². The van der Waals surface area contributed by atoms with Crippen molar-refractivity contribution in [1.29, 1.82) is 0 Å². The molecule has 2 atom stereocenters. The molecule has 0 aromatic rings. The number of hydrogen-bond acceptors (Lipinski definition) is 2. The highest BCUT2D eigenvalue weighted by Crippen LogP contribution is 2.46. The molecule has 1 aliphatic heterocycles. The highest BCUT2D eigenvalue weighted by molar-refractivity contribution is 5.15. The van der Waals surface area contributed by atoms with Gasteiger partial charge in [-0.15, -0.1) is 0 Å². The topological polar surface area (TPSA) is 35.2 Å². The molecule has 2 aliphatic carbocycles. The summed E-state index contributed by atoms with van der Waals surface area (Å²) in [5.74, 6) is 0.771. The van der Waals surface area contributed by atoms with Gasteiger partial charge >= 0.3 is 0 Å². The predicted octanol–water partition coefficient (Wildman–Crippen LogP) is 3.16. The molecule has 3 aliphatic rings. The molecule has 1 heterocycles. The minimum absolute atomic E-state index is 0.278. The van der Waals surface area contributed by atoms with Crippen LogP contribution in [-0.4, -0.2) is 18.2 Å². The Kier molecular flexibility index (Phi) is 3.27. The molecule has 3 rings (SSSR count). The van der Waals surface area contributed by atoms with Crippen LogP contribution in [0.2, 0.25) is 0 Å². The van der Waals surface area contributed by atoms with Crippen LogP contribution in [0.25, 0.3) is 0 Å². The van der Waals surface area contributed by atoms with Gasteiger partial charge in [-0.25, -0.2) is 0 Å². The number of nitrogens with two attached hydrogens (primary N) is 1. The van der Waals surface area contributed by atoms with Gasteiger partial charge in [0.25, 0.3) is 0 Å². The predicted molar refractivity (Wildman–Crippen MR) is 69.8 cm³/mol. The Morgan fingerprint density at radius 2 is 2.06 bits per heavy atom. The molecule has 0 aromatic heterocycles. The summed E-state index contributed by atoms with van der Waals surface area (Å²) in [5.41, 5.74) is 8.07. The van der Waals surface area contributed by atoms with Gasteiger partial charge in [-0.1, -0.05) is 18.1 Å². The maximum Gasteiger partial charge on any atom is 0.0688 e. The van der Waals surface area contributed by atoms with Gasteiger partial charge in [0.15, 0.2) is 0 Å². The minimum Gasteiger partial charge on any atom is -0.375 e. The van der Waals surface area contributed by atoms with E-state index in [-0.39, 0.29) is 5.60 Å². The van der Waals surface area contributed by atoms with Gasteiger partial charge < -0.3 is 10.5 Å². The van der Waals surface area contributed by atoms with Crippen LogP contribution in [-0.2, 0) is 4.74 Å². The zero-order valence-corrected chi connectivity index (χ0v) is 10.8. The molecule has 2 fully saturated rings. The fraction of sp³-hybridized carbons (Fsp3) is 0.867. The highest BCUT2D eigenvalue weighted by atomic mass is 16.5. The molecule has 0 aromatic carbocycles. The molecular formula is C15H25NO. The second-order valence-electron chi connectivity index (χ2n) is 6.23. The van der Waals surface area contributed by atoms with Crippen LogP contribution in [0.3, 0.4) is 0 Å². The molecule has 0 amide bonds. The maximum atomic E-state index is 6.14. The largest absolute Gasteiger partial charge is 0.375 e. The molecule has 1 saturated carbocycles. The lowest BCUT2D eigenvalue weighted by atomic mass is 9.70. The van der Waals surface area contributed by atoms with E-state index in [1.807, 2.05) is 0 Å². The second-order valence-corrected chi connectivity index (χ2v) is 6.23. The van der Waals surface area contributed by atoms with Gasteiger partial charge in [0.2, 0.25) is 0 Å². The first-order valence-electron chi connectivity index (χ1n) is 7.38. The van der Waals surface area contributed by atoms with Gasteiger partial charge in [0, 0.05) is 12.6 Å². The van der Waals surface area contributed by atoms with Crippen LogP contribution in [0, 0.1) is 5.92 Å². The summed E-state index contributed by atoms with van der Waals surface area (Å²) >= 11 is 0. The number of rotatable bonds is 1. The van der Waals surface area contributed by atoms with E-state index >= 15 is 0 Å². The molecule has 2 heteroatoms. The summed E-state index contributed by atoms with van der Waals surface area (Å²) < 4.78 is 6.02. The first-order valence-corrected chi connectivity index (χ1v) is 7.38. The first kappa shape index (κ1) is 11.7. The lowest BCUT2D eigenvalue weighted by Crippen LogP contribution is -2.45. The van der Waals surface area contributed by atoms with Crippen LogP contribution in [0.5, 0.6) is 0 Å². The lowest BCUT2D eigenvalue weighted by Gasteiger charge is -2.47. The minimum atomic E-state index is 0.278. The quantitative estimate of drug-likeness (QED) is 0.709. The molecular weight excluding hydrogens is 210 g/mol. The van der Waals surface area contributed by atoms with Gasteiger partial charge in [-0.05, 0) is 57.3 Å². The molecule has 2 nitrogen and oxygen atoms in total. The van der Waals surface area contributed by atoms with Crippen LogP contribution < -0.4 is 5.73 Å². The molecule has 1 spiro atoms. The Morgan fingerprint density at radius 3 is 2.82 bits per heavy atom. The van der Waals surface area contributed by atoms with Crippen molar-refractivity contribution in [3.8, 4) is 0 Å². The number of hydrogen-bond donors (Lipinski definition) is 1. The van der Waals surface area contributed by atoms with Crippen molar-refractivity contribution >= 4 is 0 Å². The van der Waals surface area contributed by atoms with Crippen LogP contribution >= 0.6 is 0 Å². The van der Waals surface area contributed by atoms with Gasteiger partial charge in [0.1, 0.15) is 0 Å². The van der Waals surface area contributed by atoms with Crippen molar-refractivity contribution in [1.82, 2.24) is 0 Å². The summed E-state index contributed by atoms with van der Waals surface area (Å²) in [6.45, 7) is 0.969. The van der Waals surface area contributed by atoms with Crippen molar-refractivity contribution in [2.24, 2.45) is 11.7 Å². The molecule has 2 unspecified atom stereocenters. The van der Waals surface area contributed by atoms with E-state index < -0.39 is 0 Å². The van der Waals surface area contributed by atoms with Crippen molar-refractivity contribution < 1.29 is 4.74 Å². The summed E-state index contributed by atoms with van der Waals surface area (Å²) in [6, 6.07) is 0.313. The highest BCUT2D eigenvalue weighted by Gasteiger charge is 2.43. The summed E-state index contributed by atoms with van der Waals surface area (Å²) in [7, 11) is 0. The average molecular weight is 235 g/mol. The Labute approximate surface area is 105 Å². The average Bonchev–Trinajstić information content (AvgIpc) is 2.52. The molecule has 0 bridgehead atoms. The van der Waals surface area contributed by atoms with Crippen molar-refractivity contribution in [3.05, 3.63) is 11.6 Å². The molecule has 96 valence electrons. The summed E-state index contributed by atoms with van der Waals surface area (Å²) in [6.07, 6.45) is 13.9. The number of ether oxygens (including phenoxy) is 1. The normalized spacial score (nSPS) is 37.1. The molecule has 2 N–H and O–H groups in total. The molecule has 0 radical (unpaired) electrons. The van der Waals surface area contributed by atoms with Crippen molar-refractivity contribution in [2.75, 3.05) is 6.61 Å². The van der Waals surface area contributed by atoms with Crippen molar-refractivity contribution in [3.63, 3.8) is 0 Å². The number of allylic oxidation sites excluding steroid dienone is 1. The fourth-order valence-electron chi connectivity index (χ4n) is 3.75. The monoisotopic (exact) mass is 235 g/mol. The fourth-order valence-corrected chi connectivity index (χ4v) is 3.75. The third-order valence-electron chi connectivity index (χ3n) is 4.96. The smallest absolute Gasteiger partial charge is 0.0688 e. The SMILES string of the molecule is NC1C=C(C2CCOC3(CCC3)C2)CCCC1. The van der Waals surface area contributed by atoms with Gasteiger partial charge in [-0.2, -0.15) is 0 Å². The van der Waals surface area contributed by atoms with E-state index in [1.54, 1.807) is 5.57 Å². The molecule has 1 saturated heterocycles. The summed E-state index contributed by atoms with van der Waals surface area (Å²) in [4.78, 5) is 0. The first-order chi connectivity index (χ1) is 8.27. The zero-order valence-electron chi connectivity index (χ0n) is 10.8.